The summed E-state index contributed by atoms with van der Waals surface area (Å²) in [4.78, 5) is 20.7. The third-order valence-electron chi connectivity index (χ3n) is 3.62. The van der Waals surface area contributed by atoms with E-state index in [1.54, 1.807) is 31.2 Å². The van der Waals surface area contributed by atoms with E-state index in [-0.39, 0.29) is 24.0 Å². The molecular formula is C19H15F2N3O. The zero-order valence-corrected chi connectivity index (χ0v) is 13.5. The van der Waals surface area contributed by atoms with Crippen molar-refractivity contribution < 1.29 is 13.6 Å². The van der Waals surface area contributed by atoms with E-state index in [0.717, 1.165) is 5.56 Å². The first-order chi connectivity index (χ1) is 12.0. The molecule has 6 heteroatoms. The topological polar surface area (TPSA) is 54.9 Å². The molecule has 0 aliphatic heterocycles. The highest BCUT2D eigenvalue weighted by Crippen LogP contribution is 2.19. The third kappa shape index (κ3) is 4.23. The van der Waals surface area contributed by atoms with Crippen molar-refractivity contribution in [2.24, 2.45) is 0 Å². The third-order valence-corrected chi connectivity index (χ3v) is 3.62. The smallest absolute Gasteiger partial charge is 0.229 e. The van der Waals surface area contributed by atoms with Crippen LogP contribution in [0, 0.1) is 18.6 Å². The van der Waals surface area contributed by atoms with Gasteiger partial charge >= 0.3 is 0 Å². The number of rotatable bonds is 4. The largest absolute Gasteiger partial charge is 0.309 e. The van der Waals surface area contributed by atoms with Gasteiger partial charge in [0.15, 0.2) is 5.82 Å². The molecule has 1 N–H and O–H groups in total. The van der Waals surface area contributed by atoms with Crippen molar-refractivity contribution in [2.45, 2.75) is 13.3 Å². The molecule has 25 heavy (non-hydrogen) atoms. The first-order valence-corrected chi connectivity index (χ1v) is 7.65. The lowest BCUT2D eigenvalue weighted by molar-refractivity contribution is -0.115. The molecule has 0 aliphatic rings. The number of benzene rings is 2. The maximum Gasteiger partial charge on any atom is 0.229 e. The Morgan fingerprint density at radius 1 is 1.00 bits per heavy atom. The Balaban J connectivity index is 1.71. The lowest BCUT2D eigenvalue weighted by Crippen LogP contribution is -2.16. The number of aryl methyl sites for hydroxylation is 1. The molecule has 4 nitrogen and oxygen atoms in total. The van der Waals surface area contributed by atoms with Crippen molar-refractivity contribution in [3.8, 4) is 11.3 Å². The van der Waals surface area contributed by atoms with Gasteiger partial charge in [0.2, 0.25) is 5.91 Å². The van der Waals surface area contributed by atoms with Crippen LogP contribution < -0.4 is 5.32 Å². The summed E-state index contributed by atoms with van der Waals surface area (Å²) >= 11 is 0. The van der Waals surface area contributed by atoms with E-state index < -0.39 is 0 Å². The fourth-order valence-corrected chi connectivity index (χ4v) is 2.33. The highest BCUT2D eigenvalue weighted by molar-refractivity contribution is 5.91. The van der Waals surface area contributed by atoms with Crippen molar-refractivity contribution in [1.82, 2.24) is 9.97 Å². The van der Waals surface area contributed by atoms with E-state index in [9.17, 15) is 13.6 Å². The van der Waals surface area contributed by atoms with Crippen LogP contribution in [0.15, 0.2) is 54.7 Å². The zero-order chi connectivity index (χ0) is 17.8. The highest BCUT2D eigenvalue weighted by atomic mass is 19.1. The molecule has 0 aliphatic carbocycles. The number of anilines is 1. The maximum atomic E-state index is 13.0. The molecule has 0 spiro atoms. The molecule has 0 bridgehead atoms. The van der Waals surface area contributed by atoms with Gasteiger partial charge in [0, 0.05) is 5.56 Å². The molecule has 0 fully saturated rings. The van der Waals surface area contributed by atoms with E-state index in [1.165, 1.54) is 30.5 Å². The first-order valence-electron chi connectivity index (χ1n) is 7.65. The molecule has 0 unspecified atom stereocenters. The van der Waals surface area contributed by atoms with Crippen LogP contribution >= 0.6 is 0 Å². The highest BCUT2D eigenvalue weighted by Gasteiger charge is 2.10. The Hall–Kier alpha value is -3.15. The lowest BCUT2D eigenvalue weighted by Gasteiger charge is -2.09. The number of carbonyl (C=O) groups excluding carboxylic acids is 1. The number of halogens is 2. The summed E-state index contributed by atoms with van der Waals surface area (Å²) in [5.41, 5.74) is 2.58. The second-order valence-corrected chi connectivity index (χ2v) is 5.55. The predicted octanol–water partition coefficient (Wildman–Crippen LogP) is 3.91. The monoisotopic (exact) mass is 339 g/mol. The minimum absolute atomic E-state index is 0.112. The molecular weight excluding hydrogens is 324 g/mol. The van der Waals surface area contributed by atoms with Gasteiger partial charge in [-0.2, -0.15) is 0 Å². The van der Waals surface area contributed by atoms with Gasteiger partial charge in [0.25, 0.3) is 0 Å². The number of carbonyl (C=O) groups is 1. The number of nitrogens with one attached hydrogen (secondary N) is 1. The standard InChI is InChI=1S/C19H15F2N3O/c1-12-19(24-18(25)10-13-2-6-15(20)7-3-13)22-11-17(23-12)14-4-8-16(21)9-5-14/h2-9,11H,10H2,1H3,(H,22,24,25). The van der Waals surface area contributed by atoms with E-state index in [0.29, 0.717) is 22.8 Å². The molecule has 3 rings (SSSR count). The van der Waals surface area contributed by atoms with Crippen molar-refractivity contribution in [2.75, 3.05) is 5.32 Å². The fraction of sp³-hybridized carbons (Fsp3) is 0.105. The van der Waals surface area contributed by atoms with Crippen LogP contribution in [0.5, 0.6) is 0 Å². The minimum atomic E-state index is -0.345. The first kappa shape index (κ1) is 16.7. The molecule has 3 aromatic rings. The van der Waals surface area contributed by atoms with E-state index in [4.69, 9.17) is 0 Å². The average Bonchev–Trinajstić information content (AvgIpc) is 2.59. The Kier molecular flexibility index (Phi) is 4.79. The molecule has 126 valence electrons. The molecule has 0 atom stereocenters. The predicted molar refractivity (Wildman–Crippen MR) is 90.9 cm³/mol. The second-order valence-electron chi connectivity index (χ2n) is 5.55. The second kappa shape index (κ2) is 7.17. The normalized spacial score (nSPS) is 10.5. The van der Waals surface area contributed by atoms with Crippen molar-refractivity contribution in [3.05, 3.63) is 77.6 Å². The van der Waals surface area contributed by atoms with Crippen LogP contribution in [0.1, 0.15) is 11.3 Å². The summed E-state index contributed by atoms with van der Waals surface area (Å²) in [5, 5.41) is 2.69. The molecule has 1 heterocycles. The zero-order valence-electron chi connectivity index (χ0n) is 13.5. The van der Waals surface area contributed by atoms with Gasteiger partial charge < -0.3 is 5.32 Å². The fourth-order valence-electron chi connectivity index (χ4n) is 2.33. The van der Waals surface area contributed by atoms with Crippen LogP contribution in [0.25, 0.3) is 11.3 Å². The molecule has 0 saturated carbocycles. The molecule has 1 aromatic heterocycles. The van der Waals surface area contributed by atoms with Gasteiger partial charge in [-0.15, -0.1) is 0 Å². The molecule has 2 aromatic carbocycles. The average molecular weight is 339 g/mol. The number of hydrogen-bond acceptors (Lipinski definition) is 3. The van der Waals surface area contributed by atoms with Crippen molar-refractivity contribution >= 4 is 11.7 Å². The summed E-state index contributed by atoms with van der Waals surface area (Å²) in [6.07, 6.45) is 1.63. The minimum Gasteiger partial charge on any atom is -0.309 e. The Bertz CT molecular complexity index is 894. The summed E-state index contributed by atoms with van der Waals surface area (Å²) in [5.74, 6) is -0.572. The van der Waals surface area contributed by atoms with Gasteiger partial charge in [0.05, 0.1) is 24.0 Å². The van der Waals surface area contributed by atoms with Crippen LogP contribution in [0.2, 0.25) is 0 Å². The Morgan fingerprint density at radius 3 is 2.20 bits per heavy atom. The van der Waals surface area contributed by atoms with Gasteiger partial charge in [-0.3, -0.25) is 4.79 Å². The Morgan fingerprint density at radius 2 is 1.60 bits per heavy atom. The van der Waals surface area contributed by atoms with Gasteiger partial charge in [0.1, 0.15) is 11.6 Å². The van der Waals surface area contributed by atoms with Gasteiger partial charge in [-0.05, 0) is 48.9 Å². The van der Waals surface area contributed by atoms with Crippen LogP contribution in [-0.2, 0) is 11.2 Å². The summed E-state index contributed by atoms with van der Waals surface area (Å²) in [6.45, 7) is 1.73. The van der Waals surface area contributed by atoms with Crippen LogP contribution in [-0.4, -0.2) is 15.9 Å². The van der Waals surface area contributed by atoms with Gasteiger partial charge in [-0.1, -0.05) is 12.1 Å². The van der Waals surface area contributed by atoms with Crippen molar-refractivity contribution in [1.29, 1.82) is 0 Å². The van der Waals surface area contributed by atoms with Crippen molar-refractivity contribution in [3.63, 3.8) is 0 Å². The number of amides is 1. The summed E-state index contributed by atoms with van der Waals surface area (Å²) < 4.78 is 25.9. The summed E-state index contributed by atoms with van der Waals surface area (Å²) in [6, 6.07) is 11.7. The lowest BCUT2D eigenvalue weighted by atomic mass is 10.1. The van der Waals surface area contributed by atoms with Crippen LogP contribution in [0.3, 0.4) is 0 Å². The quantitative estimate of drug-likeness (QED) is 0.784. The summed E-state index contributed by atoms with van der Waals surface area (Å²) in [7, 11) is 0. The Labute approximate surface area is 143 Å². The van der Waals surface area contributed by atoms with Gasteiger partial charge in [-0.25, -0.2) is 18.7 Å². The van der Waals surface area contributed by atoms with E-state index in [2.05, 4.69) is 15.3 Å². The van der Waals surface area contributed by atoms with Crippen LogP contribution in [0.4, 0.5) is 14.6 Å². The molecule has 0 saturated heterocycles. The SMILES string of the molecule is Cc1nc(-c2ccc(F)cc2)cnc1NC(=O)Cc1ccc(F)cc1. The van der Waals surface area contributed by atoms with E-state index >= 15 is 0 Å². The number of hydrogen-bond donors (Lipinski definition) is 1. The number of aromatic nitrogens is 2. The number of nitrogens with zero attached hydrogens (tertiary/aromatic N) is 2. The maximum absolute atomic E-state index is 13.0. The molecule has 1 amide bonds. The molecule has 0 radical (unpaired) electrons. The van der Waals surface area contributed by atoms with E-state index in [1.807, 2.05) is 0 Å².